The Morgan fingerprint density at radius 3 is 2.61 bits per heavy atom. The van der Waals surface area contributed by atoms with E-state index in [0.29, 0.717) is 18.9 Å². The second-order valence-electron chi connectivity index (χ2n) is 7.81. The summed E-state index contributed by atoms with van der Waals surface area (Å²) in [5.41, 5.74) is 0.961. The van der Waals surface area contributed by atoms with Crippen molar-refractivity contribution in [1.29, 1.82) is 0 Å². The monoisotopic (exact) mass is 388 g/mol. The minimum Gasteiger partial charge on any atom is -0.334 e. The van der Waals surface area contributed by atoms with Crippen LogP contribution >= 0.6 is 0 Å². The van der Waals surface area contributed by atoms with Gasteiger partial charge in [0.15, 0.2) is 0 Å². The van der Waals surface area contributed by atoms with Crippen molar-refractivity contribution in [3.63, 3.8) is 0 Å². The molecule has 0 aliphatic carbocycles. The van der Waals surface area contributed by atoms with Crippen molar-refractivity contribution in [3.8, 4) is 0 Å². The lowest BCUT2D eigenvalue weighted by Crippen LogP contribution is -2.46. The van der Waals surface area contributed by atoms with E-state index in [2.05, 4.69) is 34.3 Å². The molecule has 1 aromatic carbocycles. The predicted octanol–water partition coefficient (Wildman–Crippen LogP) is 2.27. The Morgan fingerprint density at radius 2 is 1.96 bits per heavy atom. The molecule has 7 nitrogen and oxygen atoms in total. The molecule has 0 saturated carbocycles. The molecule has 28 heavy (non-hydrogen) atoms. The number of amides is 1. The van der Waals surface area contributed by atoms with E-state index in [1.807, 2.05) is 16.5 Å². The Hall–Kier alpha value is -2.35. The van der Waals surface area contributed by atoms with Gasteiger partial charge in [-0.15, -0.1) is 5.10 Å². The van der Waals surface area contributed by atoms with Gasteiger partial charge in [0.1, 0.15) is 11.6 Å². The number of hydrogen-bond acceptors (Lipinski definition) is 5. The van der Waals surface area contributed by atoms with Crippen LogP contribution in [0.3, 0.4) is 0 Å². The van der Waals surface area contributed by atoms with Crippen molar-refractivity contribution in [3.05, 3.63) is 41.5 Å². The normalized spacial score (nSPS) is 18.7. The molecule has 2 heterocycles. The van der Waals surface area contributed by atoms with Gasteiger partial charge in [0.05, 0.1) is 0 Å². The molecule has 3 rings (SSSR count). The van der Waals surface area contributed by atoms with Crippen LogP contribution in [0.25, 0.3) is 0 Å². The van der Waals surface area contributed by atoms with Gasteiger partial charge < -0.3 is 9.80 Å². The first kappa shape index (κ1) is 20.4. The second-order valence-corrected chi connectivity index (χ2v) is 7.81. The van der Waals surface area contributed by atoms with E-state index in [4.69, 9.17) is 0 Å². The summed E-state index contributed by atoms with van der Waals surface area (Å²) < 4.78 is 15.0. The fourth-order valence-corrected chi connectivity index (χ4v) is 3.70. The minimum absolute atomic E-state index is 0.134. The molecular weight excluding hydrogens is 359 g/mol. The van der Waals surface area contributed by atoms with Gasteiger partial charge in [-0.1, -0.05) is 26.0 Å². The van der Waals surface area contributed by atoms with Crippen LogP contribution in [-0.4, -0.2) is 61.6 Å². The molecule has 0 bridgehead atoms. The van der Waals surface area contributed by atoms with Crippen LogP contribution in [-0.2, 0) is 17.9 Å². The zero-order chi connectivity index (χ0) is 20.1. The lowest BCUT2D eigenvalue weighted by atomic mass is 10.0. The average molecular weight is 388 g/mol. The molecule has 1 atom stereocenters. The number of hydrogen-bond donors (Lipinski definition) is 0. The Balaban J connectivity index is 1.63. The maximum absolute atomic E-state index is 13.2. The van der Waals surface area contributed by atoms with Crippen molar-refractivity contribution in [2.75, 3.05) is 19.6 Å². The summed E-state index contributed by atoms with van der Waals surface area (Å²) in [5.74, 6) is 1.07. The molecule has 1 aliphatic rings. The van der Waals surface area contributed by atoms with E-state index in [0.717, 1.165) is 44.0 Å². The Kier molecular flexibility index (Phi) is 6.72. The summed E-state index contributed by atoms with van der Waals surface area (Å²) >= 11 is 0. The molecule has 1 fully saturated rings. The first-order valence-corrected chi connectivity index (χ1v) is 9.93. The van der Waals surface area contributed by atoms with Gasteiger partial charge in [-0.05, 0) is 53.9 Å². The van der Waals surface area contributed by atoms with Crippen LogP contribution in [0, 0.1) is 18.7 Å². The van der Waals surface area contributed by atoms with Gasteiger partial charge in [0.25, 0.3) is 0 Å². The summed E-state index contributed by atoms with van der Waals surface area (Å²) in [7, 11) is 0. The molecule has 0 N–H and O–H groups in total. The van der Waals surface area contributed by atoms with E-state index in [1.54, 1.807) is 12.1 Å². The average Bonchev–Trinajstić information content (AvgIpc) is 3.00. The third kappa shape index (κ3) is 5.13. The van der Waals surface area contributed by atoms with Crippen molar-refractivity contribution >= 4 is 5.91 Å². The largest absolute Gasteiger partial charge is 0.334 e. The van der Waals surface area contributed by atoms with Crippen molar-refractivity contribution in [2.24, 2.45) is 5.92 Å². The van der Waals surface area contributed by atoms with E-state index in [1.165, 1.54) is 12.1 Å². The van der Waals surface area contributed by atoms with E-state index in [-0.39, 0.29) is 17.8 Å². The van der Waals surface area contributed by atoms with Crippen molar-refractivity contribution in [2.45, 2.75) is 52.7 Å². The van der Waals surface area contributed by atoms with Gasteiger partial charge in [0.2, 0.25) is 5.91 Å². The van der Waals surface area contributed by atoms with Crippen LogP contribution < -0.4 is 0 Å². The summed E-state index contributed by atoms with van der Waals surface area (Å²) in [6.07, 6.45) is 1.44. The second kappa shape index (κ2) is 9.23. The number of aryl methyl sites for hydroxylation is 2. The first-order valence-electron chi connectivity index (χ1n) is 9.93. The highest BCUT2D eigenvalue weighted by Gasteiger charge is 2.31. The molecule has 1 saturated heterocycles. The van der Waals surface area contributed by atoms with Gasteiger partial charge in [0, 0.05) is 38.6 Å². The van der Waals surface area contributed by atoms with E-state index < -0.39 is 0 Å². The third-order valence-corrected chi connectivity index (χ3v) is 5.40. The molecule has 0 spiro atoms. The molecule has 1 aliphatic heterocycles. The standard InChI is InChI=1S/C20H29FN6O/c1-15(2)19-14-25(10-4-11-27-16(3)22-23-24-27)12-9-20(28)26(19)13-17-5-7-18(21)8-6-17/h5-8,15,19H,4,9-14H2,1-3H3/t19-/m0/s1. The highest BCUT2D eigenvalue weighted by Crippen LogP contribution is 2.21. The molecule has 0 unspecified atom stereocenters. The number of halogens is 1. The van der Waals surface area contributed by atoms with E-state index >= 15 is 0 Å². The smallest absolute Gasteiger partial charge is 0.224 e. The number of rotatable bonds is 7. The lowest BCUT2D eigenvalue weighted by molar-refractivity contribution is -0.134. The maximum Gasteiger partial charge on any atom is 0.224 e. The molecule has 2 aromatic rings. The summed E-state index contributed by atoms with van der Waals surface area (Å²) in [6.45, 7) is 10.0. The number of benzene rings is 1. The molecule has 8 heteroatoms. The topological polar surface area (TPSA) is 67.2 Å². The Morgan fingerprint density at radius 1 is 1.21 bits per heavy atom. The fourth-order valence-electron chi connectivity index (χ4n) is 3.70. The number of carbonyl (C=O) groups is 1. The number of tetrazole rings is 1. The number of aromatic nitrogens is 4. The molecular formula is C20H29FN6O. The molecule has 1 aromatic heterocycles. The summed E-state index contributed by atoms with van der Waals surface area (Å²) in [4.78, 5) is 17.2. The minimum atomic E-state index is -0.254. The Labute approximate surface area is 165 Å². The van der Waals surface area contributed by atoms with Crippen LogP contribution in [0.1, 0.15) is 38.1 Å². The number of carbonyl (C=O) groups excluding carboxylic acids is 1. The molecule has 1 amide bonds. The van der Waals surface area contributed by atoms with Crippen LogP contribution in [0.5, 0.6) is 0 Å². The van der Waals surface area contributed by atoms with Crippen molar-refractivity contribution in [1.82, 2.24) is 30.0 Å². The zero-order valence-electron chi connectivity index (χ0n) is 16.9. The first-order chi connectivity index (χ1) is 13.4. The van der Waals surface area contributed by atoms with Gasteiger partial charge in [-0.3, -0.25) is 4.79 Å². The molecule has 152 valence electrons. The molecule has 0 radical (unpaired) electrons. The van der Waals surface area contributed by atoms with Gasteiger partial charge in [-0.2, -0.15) is 0 Å². The number of nitrogens with zero attached hydrogens (tertiary/aromatic N) is 6. The SMILES string of the molecule is Cc1nnnn1CCCN1CCC(=O)N(Cc2ccc(F)cc2)[C@H](C(C)C)C1. The van der Waals surface area contributed by atoms with E-state index in [9.17, 15) is 9.18 Å². The predicted molar refractivity (Wildman–Crippen MR) is 104 cm³/mol. The lowest BCUT2D eigenvalue weighted by Gasteiger charge is -2.35. The maximum atomic E-state index is 13.2. The van der Waals surface area contributed by atoms with Crippen LogP contribution in [0.15, 0.2) is 24.3 Å². The zero-order valence-corrected chi connectivity index (χ0v) is 16.9. The highest BCUT2D eigenvalue weighted by atomic mass is 19.1. The van der Waals surface area contributed by atoms with Gasteiger partial charge in [-0.25, -0.2) is 9.07 Å². The quantitative estimate of drug-likeness (QED) is 0.728. The van der Waals surface area contributed by atoms with Crippen LogP contribution in [0.2, 0.25) is 0 Å². The fraction of sp³-hybridized carbons (Fsp3) is 0.600. The van der Waals surface area contributed by atoms with Crippen LogP contribution in [0.4, 0.5) is 4.39 Å². The third-order valence-electron chi connectivity index (χ3n) is 5.40. The summed E-state index contributed by atoms with van der Waals surface area (Å²) in [5, 5.41) is 11.6. The van der Waals surface area contributed by atoms with Gasteiger partial charge >= 0.3 is 0 Å². The summed E-state index contributed by atoms with van der Waals surface area (Å²) in [6, 6.07) is 6.56. The highest BCUT2D eigenvalue weighted by molar-refractivity contribution is 5.77. The Bertz CT molecular complexity index is 775. The van der Waals surface area contributed by atoms with Crippen molar-refractivity contribution < 1.29 is 9.18 Å².